The monoisotopic (exact) mass is 398 g/mol. The van der Waals surface area contributed by atoms with Gasteiger partial charge in [0, 0.05) is 23.5 Å². The molecule has 2 aromatic carbocycles. The summed E-state index contributed by atoms with van der Waals surface area (Å²) in [5.74, 6) is 2.71. The molecule has 0 saturated heterocycles. The first-order valence-electron chi connectivity index (χ1n) is 8.90. The number of aryl methyl sites for hydroxylation is 1. The number of nitrogens with zero attached hydrogens (tertiary/aromatic N) is 2. The van der Waals surface area contributed by atoms with Crippen LogP contribution >= 0.6 is 11.6 Å². The second-order valence-electron chi connectivity index (χ2n) is 6.22. The Morgan fingerprint density at radius 3 is 2.61 bits per heavy atom. The predicted molar refractivity (Wildman–Crippen MR) is 113 cm³/mol. The first kappa shape index (κ1) is 19.8. The van der Waals surface area contributed by atoms with Gasteiger partial charge >= 0.3 is 0 Å². The lowest BCUT2D eigenvalue weighted by Gasteiger charge is -2.11. The van der Waals surface area contributed by atoms with Crippen LogP contribution < -0.4 is 20.1 Å². The zero-order valence-electron chi connectivity index (χ0n) is 16.1. The normalized spacial score (nSPS) is 10.4. The smallest absolute Gasteiger partial charge is 0.229 e. The molecule has 0 unspecified atom stereocenters. The summed E-state index contributed by atoms with van der Waals surface area (Å²) in [5.41, 5.74) is 3.10. The number of nitrogens with one attached hydrogen (secondary N) is 2. The Bertz CT molecular complexity index is 949. The van der Waals surface area contributed by atoms with Crippen molar-refractivity contribution in [3.63, 3.8) is 0 Å². The van der Waals surface area contributed by atoms with Crippen molar-refractivity contribution in [2.75, 3.05) is 31.4 Å². The summed E-state index contributed by atoms with van der Waals surface area (Å²) in [6, 6.07) is 13.4. The topological polar surface area (TPSA) is 68.3 Å². The lowest BCUT2D eigenvalue weighted by molar-refractivity contribution is 0.354. The Morgan fingerprint density at radius 2 is 1.82 bits per heavy atom. The summed E-state index contributed by atoms with van der Waals surface area (Å²) >= 11 is 6.07. The molecule has 0 radical (unpaired) electrons. The fourth-order valence-electron chi connectivity index (χ4n) is 2.74. The molecule has 0 aliphatic rings. The Kier molecular flexibility index (Phi) is 6.55. The number of anilines is 3. The third-order valence-electron chi connectivity index (χ3n) is 4.27. The maximum atomic E-state index is 6.07. The Balaban J connectivity index is 1.61. The van der Waals surface area contributed by atoms with E-state index in [2.05, 4.69) is 20.6 Å². The fourth-order valence-corrected chi connectivity index (χ4v) is 2.91. The van der Waals surface area contributed by atoms with E-state index in [0.29, 0.717) is 11.0 Å². The van der Waals surface area contributed by atoms with Crippen molar-refractivity contribution < 1.29 is 9.47 Å². The predicted octanol–water partition coefficient (Wildman–Crippen LogP) is 4.85. The Morgan fingerprint density at radius 1 is 1.00 bits per heavy atom. The molecular formula is C21H23ClN4O2. The minimum absolute atomic E-state index is 0.515. The molecule has 146 valence electrons. The third-order valence-corrected chi connectivity index (χ3v) is 4.50. The number of aromatic nitrogens is 2. The van der Waals surface area contributed by atoms with Gasteiger partial charge < -0.3 is 20.1 Å². The highest BCUT2D eigenvalue weighted by atomic mass is 35.5. The Labute approximate surface area is 169 Å². The van der Waals surface area contributed by atoms with Crippen LogP contribution in [-0.4, -0.2) is 30.7 Å². The van der Waals surface area contributed by atoms with Gasteiger partial charge in [0.2, 0.25) is 5.95 Å². The highest BCUT2D eigenvalue weighted by Gasteiger charge is 2.06. The van der Waals surface area contributed by atoms with Crippen LogP contribution in [0.15, 0.2) is 48.7 Å². The van der Waals surface area contributed by atoms with E-state index in [1.807, 2.05) is 49.4 Å². The summed E-state index contributed by atoms with van der Waals surface area (Å²) in [5, 5.41) is 7.20. The lowest BCUT2D eigenvalue weighted by Crippen LogP contribution is -2.08. The minimum atomic E-state index is 0.515. The van der Waals surface area contributed by atoms with Crippen molar-refractivity contribution >= 4 is 29.1 Å². The van der Waals surface area contributed by atoms with Crippen molar-refractivity contribution in [2.24, 2.45) is 0 Å². The van der Waals surface area contributed by atoms with Gasteiger partial charge in [0.1, 0.15) is 5.82 Å². The molecule has 0 atom stereocenters. The summed E-state index contributed by atoms with van der Waals surface area (Å²) < 4.78 is 10.6. The van der Waals surface area contributed by atoms with Crippen molar-refractivity contribution in [1.29, 1.82) is 0 Å². The molecule has 3 rings (SSSR count). The first-order valence-corrected chi connectivity index (χ1v) is 9.28. The quantitative estimate of drug-likeness (QED) is 0.565. The second-order valence-corrected chi connectivity index (χ2v) is 6.65. The largest absolute Gasteiger partial charge is 0.493 e. The number of halogens is 1. The van der Waals surface area contributed by atoms with Crippen molar-refractivity contribution in [3.05, 3.63) is 64.8 Å². The summed E-state index contributed by atoms with van der Waals surface area (Å²) in [7, 11) is 3.27. The lowest BCUT2D eigenvalue weighted by atomic mass is 10.1. The minimum Gasteiger partial charge on any atom is -0.493 e. The van der Waals surface area contributed by atoms with Crippen molar-refractivity contribution in [3.8, 4) is 11.5 Å². The van der Waals surface area contributed by atoms with Gasteiger partial charge in [-0.15, -0.1) is 0 Å². The molecule has 28 heavy (non-hydrogen) atoms. The van der Waals surface area contributed by atoms with Crippen LogP contribution in [0.25, 0.3) is 0 Å². The highest BCUT2D eigenvalue weighted by molar-refractivity contribution is 6.30. The van der Waals surface area contributed by atoms with Crippen LogP contribution in [-0.2, 0) is 6.42 Å². The van der Waals surface area contributed by atoms with Gasteiger partial charge in [-0.3, -0.25) is 0 Å². The van der Waals surface area contributed by atoms with Gasteiger partial charge in [-0.25, -0.2) is 4.98 Å². The standard InChI is InChI=1S/C21H23ClN4O2/c1-14-4-6-16(22)13-17(14)25-21-24-11-9-20(26-21)23-10-8-15-5-7-18(27-2)19(12-15)28-3/h4-7,9,11-13H,8,10H2,1-3H3,(H2,23,24,25,26). The van der Waals surface area contributed by atoms with Crippen molar-refractivity contribution in [2.45, 2.75) is 13.3 Å². The number of hydrogen-bond donors (Lipinski definition) is 2. The molecule has 3 aromatic rings. The number of hydrogen-bond acceptors (Lipinski definition) is 6. The van der Waals surface area contributed by atoms with Gasteiger partial charge in [-0.05, 0) is 54.8 Å². The van der Waals surface area contributed by atoms with E-state index >= 15 is 0 Å². The van der Waals surface area contributed by atoms with E-state index in [-0.39, 0.29) is 0 Å². The van der Waals surface area contributed by atoms with E-state index in [1.165, 1.54) is 0 Å². The van der Waals surface area contributed by atoms with Crippen LogP contribution in [0, 0.1) is 6.92 Å². The average Bonchev–Trinajstić information content (AvgIpc) is 2.71. The molecule has 0 aliphatic carbocycles. The van der Waals surface area contributed by atoms with E-state index in [0.717, 1.165) is 47.1 Å². The number of rotatable bonds is 8. The molecule has 0 spiro atoms. The molecule has 0 fully saturated rings. The van der Waals surface area contributed by atoms with E-state index < -0.39 is 0 Å². The molecular weight excluding hydrogens is 376 g/mol. The fraction of sp³-hybridized carbons (Fsp3) is 0.238. The SMILES string of the molecule is COc1ccc(CCNc2ccnc(Nc3cc(Cl)ccc3C)n2)cc1OC. The summed E-state index contributed by atoms with van der Waals surface area (Å²) in [6.07, 6.45) is 2.54. The van der Waals surface area contributed by atoms with E-state index in [1.54, 1.807) is 20.4 Å². The first-order chi connectivity index (χ1) is 13.6. The van der Waals surface area contributed by atoms with Crippen LogP contribution in [0.5, 0.6) is 11.5 Å². The highest BCUT2D eigenvalue weighted by Crippen LogP contribution is 2.27. The molecule has 0 amide bonds. The molecule has 0 saturated carbocycles. The maximum Gasteiger partial charge on any atom is 0.229 e. The number of methoxy groups -OCH3 is 2. The number of benzene rings is 2. The maximum absolute atomic E-state index is 6.07. The van der Waals surface area contributed by atoms with Crippen LogP contribution in [0.4, 0.5) is 17.5 Å². The number of ether oxygens (including phenoxy) is 2. The van der Waals surface area contributed by atoms with Gasteiger partial charge in [0.25, 0.3) is 0 Å². The van der Waals surface area contributed by atoms with E-state index in [9.17, 15) is 0 Å². The van der Waals surface area contributed by atoms with Gasteiger partial charge in [-0.1, -0.05) is 23.7 Å². The van der Waals surface area contributed by atoms with Crippen molar-refractivity contribution in [1.82, 2.24) is 9.97 Å². The summed E-state index contributed by atoms with van der Waals surface area (Å²) in [6.45, 7) is 2.73. The second kappa shape index (κ2) is 9.28. The van der Waals surface area contributed by atoms with E-state index in [4.69, 9.17) is 21.1 Å². The zero-order chi connectivity index (χ0) is 19.9. The molecule has 1 aromatic heterocycles. The van der Waals surface area contributed by atoms with Crippen LogP contribution in [0.1, 0.15) is 11.1 Å². The Hall–Kier alpha value is -2.99. The molecule has 6 nitrogen and oxygen atoms in total. The molecule has 7 heteroatoms. The summed E-state index contributed by atoms with van der Waals surface area (Å²) in [4.78, 5) is 8.79. The van der Waals surface area contributed by atoms with Gasteiger partial charge in [0.15, 0.2) is 11.5 Å². The third kappa shape index (κ3) is 5.04. The molecule has 0 bridgehead atoms. The van der Waals surface area contributed by atoms with Gasteiger partial charge in [0.05, 0.1) is 14.2 Å². The molecule has 1 heterocycles. The average molecular weight is 399 g/mol. The van der Waals surface area contributed by atoms with Crippen LogP contribution in [0.2, 0.25) is 5.02 Å². The van der Waals surface area contributed by atoms with Gasteiger partial charge in [-0.2, -0.15) is 4.98 Å². The molecule has 0 aliphatic heterocycles. The van der Waals surface area contributed by atoms with Crippen LogP contribution in [0.3, 0.4) is 0 Å². The molecule has 2 N–H and O–H groups in total. The zero-order valence-corrected chi connectivity index (χ0v) is 16.9.